The molecule has 0 spiro atoms. The van der Waals surface area contributed by atoms with E-state index in [1.54, 1.807) is 6.08 Å². The lowest BCUT2D eigenvalue weighted by atomic mass is 9.83. The van der Waals surface area contributed by atoms with Crippen LogP contribution in [0.4, 0.5) is 0 Å². The maximum atomic E-state index is 12.8. The number of hydrogen-bond donors (Lipinski definition) is 1. The third-order valence-electron chi connectivity index (χ3n) is 5.00. The van der Waals surface area contributed by atoms with Crippen molar-refractivity contribution in [3.05, 3.63) is 43.0 Å². The summed E-state index contributed by atoms with van der Waals surface area (Å²) in [4.78, 5) is 12.8. The van der Waals surface area contributed by atoms with Gasteiger partial charge in [0.2, 0.25) is 5.91 Å². The first kappa shape index (κ1) is 20.2. The van der Waals surface area contributed by atoms with E-state index in [2.05, 4.69) is 28.2 Å². The van der Waals surface area contributed by atoms with Gasteiger partial charge in [0.05, 0.1) is 11.3 Å². The molecule has 1 N–H and O–H groups in total. The number of thioether (sulfide) groups is 1. The van der Waals surface area contributed by atoms with E-state index in [9.17, 15) is 10.1 Å². The number of aromatic nitrogens is 3. The lowest BCUT2D eigenvalue weighted by Gasteiger charge is -2.32. The van der Waals surface area contributed by atoms with Crippen LogP contribution in [-0.2, 0) is 11.3 Å². The molecular formula is C21H25N5OS. The quantitative estimate of drug-likeness (QED) is 0.567. The summed E-state index contributed by atoms with van der Waals surface area (Å²) >= 11 is 1.35. The molecule has 0 saturated heterocycles. The van der Waals surface area contributed by atoms with Gasteiger partial charge in [0.25, 0.3) is 0 Å². The van der Waals surface area contributed by atoms with Crippen LogP contribution in [-0.4, -0.2) is 31.5 Å². The van der Waals surface area contributed by atoms with Gasteiger partial charge < -0.3 is 5.32 Å². The third-order valence-corrected chi connectivity index (χ3v) is 6.08. The van der Waals surface area contributed by atoms with Gasteiger partial charge in [0.1, 0.15) is 5.54 Å². The van der Waals surface area contributed by atoms with Gasteiger partial charge in [-0.1, -0.05) is 67.4 Å². The molecule has 6 nitrogen and oxygen atoms in total. The van der Waals surface area contributed by atoms with E-state index in [1.807, 2.05) is 41.8 Å². The average molecular weight is 396 g/mol. The van der Waals surface area contributed by atoms with Crippen LogP contribution in [0.2, 0.25) is 0 Å². The number of nitrogens with zero attached hydrogens (tertiary/aromatic N) is 4. The minimum atomic E-state index is -0.728. The van der Waals surface area contributed by atoms with Gasteiger partial charge in [-0.25, -0.2) is 0 Å². The van der Waals surface area contributed by atoms with Gasteiger partial charge in [-0.05, 0) is 19.8 Å². The topological polar surface area (TPSA) is 83.6 Å². The molecule has 0 bridgehead atoms. The van der Waals surface area contributed by atoms with Crippen LogP contribution in [0.15, 0.2) is 48.1 Å². The van der Waals surface area contributed by atoms with Gasteiger partial charge >= 0.3 is 0 Å². The Morgan fingerprint density at radius 3 is 2.71 bits per heavy atom. The lowest BCUT2D eigenvalue weighted by molar-refractivity contribution is -0.121. The van der Waals surface area contributed by atoms with Crippen LogP contribution in [0.1, 0.15) is 39.0 Å². The molecule has 7 heteroatoms. The molecule has 2 aromatic rings. The molecule has 1 aromatic carbocycles. The van der Waals surface area contributed by atoms with Crippen molar-refractivity contribution >= 4 is 17.7 Å². The molecule has 1 aliphatic rings. The number of benzene rings is 1. The molecule has 0 radical (unpaired) electrons. The first-order chi connectivity index (χ1) is 13.6. The minimum absolute atomic E-state index is 0.136. The van der Waals surface area contributed by atoms with E-state index in [0.29, 0.717) is 11.7 Å². The Morgan fingerprint density at radius 2 is 2.07 bits per heavy atom. The summed E-state index contributed by atoms with van der Waals surface area (Å²) in [6.45, 7) is 6.21. The molecule has 28 heavy (non-hydrogen) atoms. The monoisotopic (exact) mass is 395 g/mol. The highest BCUT2D eigenvalue weighted by Crippen LogP contribution is 2.30. The van der Waals surface area contributed by atoms with Crippen molar-refractivity contribution in [3.63, 3.8) is 0 Å². The zero-order valence-electron chi connectivity index (χ0n) is 16.1. The molecule has 1 amide bonds. The summed E-state index contributed by atoms with van der Waals surface area (Å²) in [5.74, 6) is 0.610. The van der Waals surface area contributed by atoms with Crippen molar-refractivity contribution in [2.45, 2.75) is 61.5 Å². The molecule has 1 aliphatic carbocycles. The van der Waals surface area contributed by atoms with Crippen molar-refractivity contribution in [1.82, 2.24) is 20.1 Å². The normalized spacial score (nSPS) is 16.7. The number of nitriles is 1. The van der Waals surface area contributed by atoms with E-state index < -0.39 is 5.54 Å². The molecule has 1 atom stereocenters. The summed E-state index contributed by atoms with van der Waals surface area (Å²) in [5.41, 5.74) is 0.236. The highest BCUT2D eigenvalue weighted by atomic mass is 32.2. The molecule has 0 unspecified atom stereocenters. The summed E-state index contributed by atoms with van der Waals surface area (Å²) in [5, 5.41) is 21.5. The summed E-state index contributed by atoms with van der Waals surface area (Å²) < 4.78 is 1.96. The minimum Gasteiger partial charge on any atom is -0.337 e. The van der Waals surface area contributed by atoms with Crippen molar-refractivity contribution < 1.29 is 4.79 Å². The molecule has 3 rings (SSSR count). The molecule has 1 fully saturated rings. The smallest absolute Gasteiger partial charge is 0.234 e. The number of carbonyl (C=O) groups is 1. The molecule has 0 aliphatic heterocycles. The maximum Gasteiger partial charge on any atom is 0.234 e. The molecule has 1 saturated carbocycles. The Kier molecular flexibility index (Phi) is 6.53. The molecule has 1 heterocycles. The van der Waals surface area contributed by atoms with Crippen molar-refractivity contribution in [2.75, 3.05) is 0 Å². The first-order valence-corrected chi connectivity index (χ1v) is 10.5. The van der Waals surface area contributed by atoms with Gasteiger partial charge in [-0.3, -0.25) is 9.36 Å². The Hall–Kier alpha value is -2.59. The van der Waals surface area contributed by atoms with E-state index in [4.69, 9.17) is 0 Å². The van der Waals surface area contributed by atoms with Crippen molar-refractivity contribution in [3.8, 4) is 17.5 Å². The highest BCUT2D eigenvalue weighted by Gasteiger charge is 2.35. The lowest BCUT2D eigenvalue weighted by Crippen LogP contribution is -2.51. The second-order valence-electron chi connectivity index (χ2n) is 7.08. The number of carbonyl (C=O) groups excluding carboxylic acids is 1. The second-order valence-corrected chi connectivity index (χ2v) is 8.38. The zero-order valence-corrected chi connectivity index (χ0v) is 16.9. The Labute approximate surface area is 170 Å². The number of rotatable bonds is 7. The van der Waals surface area contributed by atoms with Crippen LogP contribution in [0.3, 0.4) is 0 Å². The number of hydrogen-bond acceptors (Lipinski definition) is 5. The highest BCUT2D eigenvalue weighted by molar-refractivity contribution is 8.00. The van der Waals surface area contributed by atoms with Gasteiger partial charge in [0, 0.05) is 12.1 Å². The SMILES string of the molecule is C=CCn1c(S[C@@H](C)C(=O)NC2(C#N)CCCCC2)nnc1-c1ccccc1. The number of nitrogens with one attached hydrogen (secondary N) is 1. The van der Waals surface area contributed by atoms with Crippen molar-refractivity contribution in [1.29, 1.82) is 5.26 Å². The first-order valence-electron chi connectivity index (χ1n) is 9.58. The van der Waals surface area contributed by atoms with Crippen LogP contribution in [0.5, 0.6) is 0 Å². The van der Waals surface area contributed by atoms with Gasteiger partial charge in [0.15, 0.2) is 11.0 Å². The molecular weight excluding hydrogens is 370 g/mol. The third kappa shape index (κ3) is 4.45. The van der Waals surface area contributed by atoms with E-state index in [1.165, 1.54) is 11.8 Å². The summed E-state index contributed by atoms with van der Waals surface area (Å²) in [7, 11) is 0. The van der Waals surface area contributed by atoms with E-state index in [0.717, 1.165) is 43.5 Å². The Balaban J connectivity index is 1.75. The number of allylic oxidation sites excluding steroid dienone is 1. The zero-order chi connectivity index (χ0) is 20.0. The van der Waals surface area contributed by atoms with Crippen molar-refractivity contribution in [2.24, 2.45) is 0 Å². The van der Waals surface area contributed by atoms with Crippen LogP contribution in [0.25, 0.3) is 11.4 Å². The fraction of sp³-hybridized carbons (Fsp3) is 0.429. The van der Waals surface area contributed by atoms with Gasteiger partial charge in [-0.2, -0.15) is 5.26 Å². The van der Waals surface area contributed by atoms with Crippen LogP contribution < -0.4 is 5.32 Å². The Bertz CT molecular complexity index is 865. The van der Waals surface area contributed by atoms with Crippen LogP contribution >= 0.6 is 11.8 Å². The summed E-state index contributed by atoms with van der Waals surface area (Å²) in [6.07, 6.45) is 6.30. The number of amides is 1. The fourth-order valence-electron chi connectivity index (χ4n) is 3.44. The summed E-state index contributed by atoms with van der Waals surface area (Å²) in [6, 6.07) is 12.2. The molecule has 1 aromatic heterocycles. The van der Waals surface area contributed by atoms with Gasteiger partial charge in [-0.15, -0.1) is 16.8 Å². The molecule has 146 valence electrons. The van der Waals surface area contributed by atoms with E-state index in [-0.39, 0.29) is 11.2 Å². The standard InChI is InChI=1S/C21H25N5OS/c1-3-14-26-18(17-10-6-4-7-11-17)24-25-20(26)28-16(2)19(27)23-21(15-22)12-8-5-9-13-21/h3-4,6-7,10-11,16H,1,5,8-9,12-14H2,2H3,(H,23,27)/t16-/m0/s1. The van der Waals surface area contributed by atoms with E-state index >= 15 is 0 Å². The predicted octanol–water partition coefficient (Wildman–Crippen LogP) is 3.95. The van der Waals surface area contributed by atoms with Crippen LogP contribution in [0, 0.1) is 11.3 Å². The second kappa shape index (κ2) is 9.07. The Morgan fingerprint density at radius 1 is 1.36 bits per heavy atom. The maximum absolute atomic E-state index is 12.8. The average Bonchev–Trinajstić information content (AvgIpc) is 3.12. The predicted molar refractivity (Wildman–Crippen MR) is 111 cm³/mol. The fourth-order valence-corrected chi connectivity index (χ4v) is 4.30. The largest absolute Gasteiger partial charge is 0.337 e.